The number of aliphatic carboxylic acids is 1. The van der Waals surface area contributed by atoms with Gasteiger partial charge >= 0.3 is 11.9 Å². The Balaban J connectivity index is 0.000000671. The molecule has 0 saturated heterocycles. The van der Waals surface area contributed by atoms with E-state index in [1.807, 2.05) is 6.92 Å². The largest absolute Gasteiger partial charge is 0.480 e. The number of rotatable bonds is 12. The predicted molar refractivity (Wildman–Crippen MR) is 139 cm³/mol. The second-order valence-corrected chi connectivity index (χ2v) is 8.86. The third-order valence-electron chi connectivity index (χ3n) is 5.22. The van der Waals surface area contributed by atoms with Crippen molar-refractivity contribution in [1.29, 1.82) is 0 Å². The van der Waals surface area contributed by atoms with Crippen LogP contribution in [0.4, 0.5) is 0 Å². The molecule has 11 nitrogen and oxygen atoms in total. The summed E-state index contributed by atoms with van der Waals surface area (Å²) in [4.78, 5) is 58.8. The van der Waals surface area contributed by atoms with Gasteiger partial charge in [0.15, 0.2) is 0 Å². The van der Waals surface area contributed by atoms with Crippen LogP contribution in [0.3, 0.4) is 0 Å². The van der Waals surface area contributed by atoms with Crippen molar-refractivity contribution in [2.45, 2.75) is 72.0 Å². The Morgan fingerprint density at radius 1 is 0.921 bits per heavy atom. The number of ether oxygens (including phenoxy) is 1. The van der Waals surface area contributed by atoms with Crippen LogP contribution in [0.2, 0.25) is 0 Å². The highest BCUT2D eigenvalue weighted by Gasteiger charge is 2.28. The van der Waals surface area contributed by atoms with Gasteiger partial charge in [-0.2, -0.15) is 0 Å². The van der Waals surface area contributed by atoms with Crippen molar-refractivity contribution in [2.75, 3.05) is 0 Å². The summed E-state index contributed by atoms with van der Waals surface area (Å²) < 4.78 is 9.25. The van der Waals surface area contributed by atoms with Gasteiger partial charge in [-0.1, -0.05) is 51.8 Å². The summed E-state index contributed by atoms with van der Waals surface area (Å²) in [5, 5.41) is 16.9. The molecule has 2 rings (SSSR count). The lowest BCUT2D eigenvalue weighted by Gasteiger charge is -2.24. The number of carboxylic acids is 1. The second kappa shape index (κ2) is 16.6. The molecule has 11 heteroatoms. The van der Waals surface area contributed by atoms with E-state index in [-0.39, 0.29) is 23.7 Å². The molecule has 0 bridgehead atoms. The van der Waals surface area contributed by atoms with Crippen LogP contribution in [0.5, 0.6) is 5.95 Å². The molecule has 0 spiro atoms. The Hall–Kier alpha value is -4.15. The number of hydrogen-bond donors (Lipinski definition) is 4. The van der Waals surface area contributed by atoms with Crippen LogP contribution in [-0.4, -0.2) is 52.9 Å². The van der Waals surface area contributed by atoms with Gasteiger partial charge in [-0.05, 0) is 37.5 Å². The normalized spacial score (nSPS) is 12.7. The highest BCUT2D eigenvalue weighted by atomic mass is 16.6. The molecule has 4 N–H and O–H groups in total. The lowest BCUT2D eigenvalue weighted by Crippen LogP contribution is -2.56. The molecule has 0 aliphatic carbocycles. The van der Waals surface area contributed by atoms with E-state index in [2.05, 4.69) is 20.7 Å². The Morgan fingerprint density at radius 3 is 2.08 bits per heavy atom. The zero-order chi connectivity index (χ0) is 28.7. The van der Waals surface area contributed by atoms with Crippen LogP contribution >= 0.6 is 0 Å². The van der Waals surface area contributed by atoms with Crippen molar-refractivity contribution in [3.63, 3.8) is 0 Å². The maximum atomic E-state index is 12.6. The molecule has 3 atom stereocenters. The van der Waals surface area contributed by atoms with Gasteiger partial charge in [0, 0.05) is 18.6 Å². The van der Waals surface area contributed by atoms with E-state index in [1.54, 1.807) is 56.3 Å². The molecular formula is C27H37N3O8. The smallest absolute Gasteiger partial charge is 0.326 e. The van der Waals surface area contributed by atoms with Crippen molar-refractivity contribution in [3.8, 4) is 5.95 Å². The number of furan rings is 1. The fraction of sp³-hybridized carbons (Fsp3) is 0.444. The molecule has 3 amide bonds. The molecule has 0 saturated carbocycles. The van der Waals surface area contributed by atoms with E-state index >= 15 is 0 Å². The predicted octanol–water partition coefficient (Wildman–Crippen LogP) is 2.91. The van der Waals surface area contributed by atoms with Crippen molar-refractivity contribution in [2.24, 2.45) is 5.92 Å². The summed E-state index contributed by atoms with van der Waals surface area (Å²) in [6.07, 6.45) is 3.24. The molecule has 1 aromatic carbocycles. The third kappa shape index (κ3) is 11.7. The maximum absolute atomic E-state index is 12.6. The fourth-order valence-electron chi connectivity index (χ4n) is 3.14. The van der Waals surface area contributed by atoms with Crippen LogP contribution in [0, 0.1) is 5.92 Å². The van der Waals surface area contributed by atoms with E-state index < -0.39 is 35.9 Å². The van der Waals surface area contributed by atoms with Gasteiger partial charge in [0.25, 0.3) is 11.9 Å². The molecule has 38 heavy (non-hydrogen) atoms. The lowest BCUT2D eigenvalue weighted by atomic mass is 10.0. The molecule has 0 radical (unpaired) electrons. The maximum Gasteiger partial charge on any atom is 0.326 e. The first kappa shape index (κ1) is 31.9. The minimum atomic E-state index is -1.11. The zero-order valence-corrected chi connectivity index (χ0v) is 22.4. The summed E-state index contributed by atoms with van der Waals surface area (Å²) in [5.74, 6) is -2.93. The van der Waals surface area contributed by atoms with Crippen LogP contribution in [-0.2, 0) is 19.2 Å². The summed E-state index contributed by atoms with van der Waals surface area (Å²) >= 11 is 0. The summed E-state index contributed by atoms with van der Waals surface area (Å²) in [6, 6.07) is 8.96. The minimum Gasteiger partial charge on any atom is -0.480 e. The molecular weight excluding hydrogens is 494 g/mol. The summed E-state index contributed by atoms with van der Waals surface area (Å²) in [6.45, 7) is 8.29. The molecule has 0 unspecified atom stereocenters. The Morgan fingerprint density at radius 2 is 1.58 bits per heavy atom. The van der Waals surface area contributed by atoms with Crippen molar-refractivity contribution in [3.05, 3.63) is 54.3 Å². The monoisotopic (exact) mass is 531 g/mol. The van der Waals surface area contributed by atoms with Gasteiger partial charge in [0.1, 0.15) is 18.1 Å². The summed E-state index contributed by atoms with van der Waals surface area (Å²) in [5.41, 5.74) is 0.428. The van der Waals surface area contributed by atoms with E-state index in [4.69, 9.17) is 4.42 Å². The Bertz CT molecular complexity index is 1040. The SMILES string of the molecule is CC(=O)Oc1ccco1.CCCC[C@H](NC(=O)[C@H](C)NC(=O)[C@@H](NC(=O)c1ccccc1)C(C)C)C(=O)O. The van der Waals surface area contributed by atoms with Crippen molar-refractivity contribution >= 4 is 29.7 Å². The fourth-order valence-corrected chi connectivity index (χ4v) is 3.14. The summed E-state index contributed by atoms with van der Waals surface area (Å²) in [7, 11) is 0. The van der Waals surface area contributed by atoms with E-state index in [0.717, 1.165) is 6.42 Å². The topological polar surface area (TPSA) is 164 Å². The van der Waals surface area contributed by atoms with E-state index in [9.17, 15) is 29.1 Å². The minimum absolute atomic E-state index is 0.214. The number of hydrogen-bond acceptors (Lipinski definition) is 7. The van der Waals surface area contributed by atoms with Gasteiger partial charge in [0.05, 0.1) is 6.26 Å². The molecule has 0 aliphatic heterocycles. The van der Waals surface area contributed by atoms with Crippen LogP contribution in [0.25, 0.3) is 0 Å². The first-order valence-corrected chi connectivity index (χ1v) is 12.4. The number of nitrogens with one attached hydrogen (secondary N) is 3. The van der Waals surface area contributed by atoms with Crippen molar-refractivity contribution in [1.82, 2.24) is 16.0 Å². The van der Waals surface area contributed by atoms with Gasteiger partial charge < -0.3 is 30.2 Å². The van der Waals surface area contributed by atoms with Gasteiger partial charge in [-0.25, -0.2) is 4.79 Å². The molecule has 0 fully saturated rings. The number of unbranched alkanes of at least 4 members (excludes halogenated alkanes) is 1. The van der Waals surface area contributed by atoms with Gasteiger partial charge in [0.2, 0.25) is 11.8 Å². The van der Waals surface area contributed by atoms with Crippen LogP contribution in [0.1, 0.15) is 64.2 Å². The number of carbonyl (C=O) groups excluding carboxylic acids is 4. The Kier molecular flexibility index (Phi) is 13.9. The number of esters is 1. The average molecular weight is 532 g/mol. The first-order valence-electron chi connectivity index (χ1n) is 12.4. The molecule has 1 heterocycles. The van der Waals surface area contributed by atoms with E-state index in [0.29, 0.717) is 18.4 Å². The number of carbonyl (C=O) groups is 5. The number of benzene rings is 1. The van der Waals surface area contributed by atoms with Crippen LogP contribution < -0.4 is 20.7 Å². The standard InChI is InChI=1S/C21H31N3O5.C6H6O3/c1-5-6-12-16(21(28)29)23-18(25)14(4)22-20(27)17(13(2)3)24-19(26)15-10-8-7-9-11-15;1-5(7)9-6-3-2-4-8-6/h7-11,13-14,16-17H,5-6,12H2,1-4H3,(H,22,27)(H,23,25)(H,24,26)(H,28,29);2-4H,1H3/t14-,16-,17-;/m0./s1. The molecule has 2 aromatic rings. The number of carboxylic acid groups (broad SMARTS) is 1. The van der Waals surface area contributed by atoms with Gasteiger partial charge in [-0.15, -0.1) is 0 Å². The van der Waals surface area contributed by atoms with Crippen molar-refractivity contribution < 1.29 is 38.2 Å². The quantitative estimate of drug-likeness (QED) is 0.304. The third-order valence-corrected chi connectivity index (χ3v) is 5.22. The highest BCUT2D eigenvalue weighted by Crippen LogP contribution is 2.09. The second-order valence-electron chi connectivity index (χ2n) is 8.86. The molecule has 208 valence electrons. The van der Waals surface area contributed by atoms with E-state index in [1.165, 1.54) is 20.1 Å². The van der Waals surface area contributed by atoms with Crippen LogP contribution in [0.15, 0.2) is 53.1 Å². The first-order chi connectivity index (χ1) is 18.0. The zero-order valence-electron chi connectivity index (χ0n) is 22.4. The molecule has 1 aromatic heterocycles. The number of amides is 3. The van der Waals surface area contributed by atoms with Gasteiger partial charge in [-0.3, -0.25) is 19.2 Å². The molecule has 0 aliphatic rings. The Labute approximate surface area is 222 Å². The highest BCUT2D eigenvalue weighted by molar-refractivity contribution is 5.98. The lowest BCUT2D eigenvalue weighted by molar-refractivity contribution is -0.142. The average Bonchev–Trinajstić information content (AvgIpc) is 3.37.